The molecular weight excluding hydrogens is 370 g/mol. The summed E-state index contributed by atoms with van der Waals surface area (Å²) in [7, 11) is 1.98. The molecule has 7 heteroatoms. The van der Waals surface area contributed by atoms with Crippen molar-refractivity contribution in [3.63, 3.8) is 0 Å². The summed E-state index contributed by atoms with van der Waals surface area (Å²) in [6.45, 7) is 4.64. The zero-order chi connectivity index (χ0) is 20.5. The Kier molecular flexibility index (Phi) is 5.22. The molecule has 0 N–H and O–H groups in total. The molecule has 29 heavy (non-hydrogen) atoms. The molecule has 0 spiro atoms. The Morgan fingerprint density at radius 3 is 2.59 bits per heavy atom. The lowest BCUT2D eigenvalue weighted by atomic mass is 10.1. The lowest BCUT2D eigenvalue weighted by Crippen LogP contribution is -2.46. The highest BCUT2D eigenvalue weighted by Crippen LogP contribution is 2.33. The first kappa shape index (κ1) is 19.4. The summed E-state index contributed by atoms with van der Waals surface area (Å²) in [6, 6.07) is 9.32. The Morgan fingerprint density at radius 1 is 1.17 bits per heavy atom. The van der Waals surface area contributed by atoms with E-state index in [1.807, 2.05) is 48.7 Å². The molecule has 1 aromatic heterocycles. The van der Waals surface area contributed by atoms with E-state index < -0.39 is 0 Å². The van der Waals surface area contributed by atoms with Crippen LogP contribution in [-0.4, -0.2) is 51.6 Å². The van der Waals surface area contributed by atoms with Gasteiger partial charge in [0.2, 0.25) is 12.7 Å². The fourth-order valence-electron chi connectivity index (χ4n) is 3.56. The topological polar surface area (TPSA) is 64.0 Å². The smallest absolute Gasteiger partial charge is 0.254 e. The first-order valence-electron chi connectivity index (χ1n) is 10.0. The van der Waals surface area contributed by atoms with E-state index in [-0.39, 0.29) is 37.2 Å². The van der Waals surface area contributed by atoms with Crippen LogP contribution in [0.1, 0.15) is 42.7 Å². The van der Waals surface area contributed by atoms with E-state index in [0.29, 0.717) is 23.6 Å². The van der Waals surface area contributed by atoms with Gasteiger partial charge in [-0.15, -0.1) is 0 Å². The average molecular weight is 397 g/mol. The fourth-order valence-corrected chi connectivity index (χ4v) is 3.56. The van der Waals surface area contributed by atoms with Crippen LogP contribution in [0.25, 0.3) is 0 Å². The van der Waals surface area contributed by atoms with Crippen molar-refractivity contribution in [3.8, 4) is 11.5 Å². The van der Waals surface area contributed by atoms with Crippen molar-refractivity contribution in [2.75, 3.05) is 13.3 Å². The minimum Gasteiger partial charge on any atom is -0.454 e. The van der Waals surface area contributed by atoms with Crippen molar-refractivity contribution < 1.29 is 19.1 Å². The van der Waals surface area contributed by atoms with Crippen LogP contribution >= 0.6 is 0 Å². The molecule has 1 fully saturated rings. The Balaban J connectivity index is 1.50. The molecule has 7 nitrogen and oxygen atoms in total. The number of benzene rings is 1. The molecule has 0 saturated heterocycles. The van der Waals surface area contributed by atoms with Gasteiger partial charge in [-0.3, -0.25) is 9.59 Å². The van der Waals surface area contributed by atoms with Gasteiger partial charge < -0.3 is 23.8 Å². The third-order valence-electron chi connectivity index (χ3n) is 5.50. The maximum absolute atomic E-state index is 13.2. The van der Waals surface area contributed by atoms with E-state index in [2.05, 4.69) is 0 Å². The predicted octanol–water partition coefficient (Wildman–Crippen LogP) is 2.80. The van der Waals surface area contributed by atoms with Gasteiger partial charge in [-0.05, 0) is 57.0 Å². The number of hydrogen-bond acceptors (Lipinski definition) is 4. The minimum atomic E-state index is -0.179. The van der Waals surface area contributed by atoms with Crippen molar-refractivity contribution in [1.29, 1.82) is 0 Å². The fraction of sp³-hybridized carbons (Fsp3) is 0.455. The molecule has 0 unspecified atom stereocenters. The van der Waals surface area contributed by atoms with Crippen LogP contribution in [0.3, 0.4) is 0 Å². The SMILES string of the molecule is CC(C)N(CC(=O)N(Cc1cccn1C)C1CC1)C(=O)c1ccc2c(c1)OCO2. The maximum atomic E-state index is 13.2. The maximum Gasteiger partial charge on any atom is 0.254 e. The summed E-state index contributed by atoms with van der Waals surface area (Å²) in [5.74, 6) is 1.00. The van der Waals surface area contributed by atoms with E-state index in [0.717, 1.165) is 18.5 Å². The van der Waals surface area contributed by atoms with Crippen LogP contribution in [0.5, 0.6) is 11.5 Å². The summed E-state index contributed by atoms with van der Waals surface area (Å²) in [5.41, 5.74) is 1.58. The molecule has 0 radical (unpaired) electrons. The second-order valence-electron chi connectivity index (χ2n) is 7.96. The van der Waals surface area contributed by atoms with Gasteiger partial charge in [0.05, 0.1) is 6.54 Å². The number of rotatable bonds is 7. The summed E-state index contributed by atoms with van der Waals surface area (Å²) in [6.07, 6.45) is 4.02. The second kappa shape index (κ2) is 7.81. The lowest BCUT2D eigenvalue weighted by molar-refractivity contribution is -0.133. The molecular formula is C22H27N3O4. The summed E-state index contributed by atoms with van der Waals surface area (Å²) >= 11 is 0. The molecule has 154 valence electrons. The molecule has 2 heterocycles. The van der Waals surface area contributed by atoms with Crippen molar-refractivity contribution in [3.05, 3.63) is 47.8 Å². The number of fused-ring (bicyclic) bond motifs is 1. The number of aryl methyl sites for hydroxylation is 1. The van der Waals surface area contributed by atoms with Gasteiger partial charge in [-0.1, -0.05) is 0 Å². The first-order valence-corrected chi connectivity index (χ1v) is 10.0. The highest BCUT2D eigenvalue weighted by molar-refractivity contribution is 5.97. The largest absolute Gasteiger partial charge is 0.454 e. The van der Waals surface area contributed by atoms with Gasteiger partial charge in [0.15, 0.2) is 11.5 Å². The minimum absolute atomic E-state index is 0.0171. The number of ether oxygens (including phenoxy) is 2. The van der Waals surface area contributed by atoms with E-state index in [9.17, 15) is 9.59 Å². The van der Waals surface area contributed by atoms with Crippen LogP contribution in [0.2, 0.25) is 0 Å². The number of carbonyl (C=O) groups excluding carboxylic acids is 2. The molecule has 1 aliphatic carbocycles. The van der Waals surface area contributed by atoms with Gasteiger partial charge in [0, 0.05) is 36.6 Å². The van der Waals surface area contributed by atoms with Crippen molar-refractivity contribution >= 4 is 11.8 Å². The van der Waals surface area contributed by atoms with E-state index in [1.165, 1.54) is 0 Å². The zero-order valence-electron chi connectivity index (χ0n) is 17.1. The third kappa shape index (κ3) is 4.09. The monoisotopic (exact) mass is 397 g/mol. The highest BCUT2D eigenvalue weighted by atomic mass is 16.7. The van der Waals surface area contributed by atoms with E-state index >= 15 is 0 Å². The predicted molar refractivity (Wildman–Crippen MR) is 108 cm³/mol. The Labute approximate surface area is 170 Å². The average Bonchev–Trinajstić information content (AvgIpc) is 3.28. The standard InChI is InChI=1S/C22H27N3O4/c1-15(2)24(22(27)16-6-9-19-20(11-16)29-14-28-19)13-21(26)25(17-7-8-17)12-18-5-4-10-23(18)3/h4-6,9-11,15,17H,7-8,12-14H2,1-3H3. The Bertz CT molecular complexity index is 917. The van der Waals surface area contributed by atoms with Gasteiger partial charge in [-0.2, -0.15) is 0 Å². The molecule has 1 aromatic carbocycles. The van der Waals surface area contributed by atoms with Crippen LogP contribution in [0.4, 0.5) is 0 Å². The van der Waals surface area contributed by atoms with E-state index in [4.69, 9.17) is 9.47 Å². The first-order chi connectivity index (χ1) is 13.9. The van der Waals surface area contributed by atoms with Crippen molar-refractivity contribution in [2.45, 2.75) is 45.3 Å². The third-order valence-corrected chi connectivity index (χ3v) is 5.50. The number of carbonyl (C=O) groups is 2. The van der Waals surface area contributed by atoms with E-state index in [1.54, 1.807) is 23.1 Å². The summed E-state index contributed by atoms with van der Waals surface area (Å²) < 4.78 is 12.7. The van der Waals surface area contributed by atoms with Crippen LogP contribution in [0, 0.1) is 0 Å². The van der Waals surface area contributed by atoms with Crippen LogP contribution in [0.15, 0.2) is 36.5 Å². The number of nitrogens with zero attached hydrogens (tertiary/aromatic N) is 3. The van der Waals surface area contributed by atoms with Gasteiger partial charge in [-0.25, -0.2) is 0 Å². The number of amides is 2. The van der Waals surface area contributed by atoms with Crippen LogP contribution in [-0.2, 0) is 18.4 Å². The second-order valence-corrected chi connectivity index (χ2v) is 7.96. The number of hydrogen-bond donors (Lipinski definition) is 0. The molecule has 0 atom stereocenters. The van der Waals surface area contributed by atoms with Gasteiger partial charge in [0.25, 0.3) is 5.91 Å². The molecule has 1 saturated carbocycles. The molecule has 1 aliphatic heterocycles. The van der Waals surface area contributed by atoms with Crippen LogP contribution < -0.4 is 9.47 Å². The molecule has 2 aliphatic rings. The number of aromatic nitrogens is 1. The molecule has 0 bridgehead atoms. The summed E-state index contributed by atoms with van der Waals surface area (Å²) in [5, 5.41) is 0. The highest BCUT2D eigenvalue weighted by Gasteiger charge is 2.35. The Morgan fingerprint density at radius 2 is 1.93 bits per heavy atom. The normalized spacial score (nSPS) is 14.9. The molecule has 2 amide bonds. The van der Waals surface area contributed by atoms with Gasteiger partial charge >= 0.3 is 0 Å². The Hall–Kier alpha value is -2.96. The molecule has 2 aromatic rings. The van der Waals surface area contributed by atoms with Crippen molar-refractivity contribution in [2.24, 2.45) is 7.05 Å². The molecule has 4 rings (SSSR count). The summed E-state index contributed by atoms with van der Waals surface area (Å²) in [4.78, 5) is 29.9. The zero-order valence-corrected chi connectivity index (χ0v) is 17.1. The quantitative estimate of drug-likeness (QED) is 0.721. The van der Waals surface area contributed by atoms with Gasteiger partial charge in [0.1, 0.15) is 6.54 Å². The lowest BCUT2D eigenvalue weighted by Gasteiger charge is -2.30. The van der Waals surface area contributed by atoms with Crippen molar-refractivity contribution in [1.82, 2.24) is 14.4 Å².